The lowest BCUT2D eigenvalue weighted by Gasteiger charge is -2.23. The van der Waals surface area contributed by atoms with Crippen LogP contribution in [0, 0.1) is 0 Å². The Kier molecular flexibility index (Phi) is 4.28. The Balaban J connectivity index is 2.62. The van der Waals surface area contributed by atoms with E-state index in [1.54, 1.807) is 19.4 Å². The fourth-order valence-electron chi connectivity index (χ4n) is 1.45. The second-order valence-electron chi connectivity index (χ2n) is 5.27. The van der Waals surface area contributed by atoms with Crippen molar-refractivity contribution in [2.75, 3.05) is 25.0 Å². The Morgan fingerprint density at radius 1 is 1.47 bits per heavy atom. The monoisotopic (exact) mass is 238 g/mol. The molecule has 0 radical (unpaired) electrons. The zero-order valence-corrected chi connectivity index (χ0v) is 11.3. The zero-order valence-electron chi connectivity index (χ0n) is 11.3. The highest BCUT2D eigenvalue weighted by molar-refractivity contribution is 5.34. The van der Waals surface area contributed by atoms with Gasteiger partial charge in [-0.3, -0.25) is 4.79 Å². The van der Waals surface area contributed by atoms with Crippen LogP contribution in [0.15, 0.2) is 17.2 Å². The van der Waals surface area contributed by atoms with E-state index in [4.69, 9.17) is 0 Å². The van der Waals surface area contributed by atoms with Gasteiger partial charge in [0.1, 0.15) is 0 Å². The predicted octanol–water partition coefficient (Wildman–Crippen LogP) is 0.605. The van der Waals surface area contributed by atoms with Crippen molar-refractivity contribution in [1.29, 1.82) is 0 Å². The molecule has 0 spiro atoms. The van der Waals surface area contributed by atoms with Crippen molar-refractivity contribution in [3.8, 4) is 0 Å². The second kappa shape index (κ2) is 5.31. The first-order valence-electron chi connectivity index (χ1n) is 5.79. The first-order chi connectivity index (χ1) is 7.81. The number of likely N-dealkylation sites (N-methyl/N-ethyl adjacent to an activating group) is 1. The minimum absolute atomic E-state index is 0.0641. The molecule has 1 rings (SSSR count). The van der Waals surface area contributed by atoms with E-state index in [-0.39, 0.29) is 11.1 Å². The van der Waals surface area contributed by atoms with E-state index in [1.807, 2.05) is 11.9 Å². The molecule has 0 saturated carbocycles. The summed E-state index contributed by atoms with van der Waals surface area (Å²) in [4.78, 5) is 17.8. The van der Waals surface area contributed by atoms with Crippen molar-refractivity contribution in [2.45, 2.75) is 26.3 Å². The Labute approximate surface area is 102 Å². The molecule has 0 bridgehead atoms. The van der Waals surface area contributed by atoms with E-state index in [0.29, 0.717) is 5.82 Å². The van der Waals surface area contributed by atoms with Gasteiger partial charge in [0, 0.05) is 45.1 Å². The fraction of sp³-hybridized carbons (Fsp3) is 0.667. The third-order valence-corrected chi connectivity index (χ3v) is 2.46. The highest BCUT2D eigenvalue weighted by atomic mass is 16.1. The molecular weight excluding hydrogens is 216 g/mol. The van der Waals surface area contributed by atoms with Gasteiger partial charge in [0.15, 0.2) is 5.82 Å². The summed E-state index contributed by atoms with van der Waals surface area (Å²) in [6.07, 6.45) is 3.30. The smallest absolute Gasteiger partial charge is 0.293 e. The summed E-state index contributed by atoms with van der Waals surface area (Å²) in [6, 6.07) is 0. The van der Waals surface area contributed by atoms with Gasteiger partial charge in [-0.1, -0.05) is 0 Å². The number of nitrogens with one attached hydrogen (secondary N) is 1. The van der Waals surface area contributed by atoms with Crippen molar-refractivity contribution < 1.29 is 0 Å². The normalized spacial score (nSPS) is 11.6. The average Bonchev–Trinajstić information content (AvgIpc) is 2.20. The molecule has 96 valence electrons. The highest BCUT2D eigenvalue weighted by Gasteiger charge is 2.11. The van der Waals surface area contributed by atoms with Crippen molar-refractivity contribution in [3.63, 3.8) is 0 Å². The number of anilines is 1. The Bertz CT molecular complexity index is 419. The Morgan fingerprint density at radius 3 is 2.71 bits per heavy atom. The summed E-state index contributed by atoms with van der Waals surface area (Å²) in [5.74, 6) is 0.491. The molecule has 0 fully saturated rings. The van der Waals surface area contributed by atoms with E-state index in [9.17, 15) is 4.79 Å². The molecule has 0 saturated heterocycles. The van der Waals surface area contributed by atoms with Gasteiger partial charge in [-0.05, 0) is 20.8 Å². The van der Waals surface area contributed by atoms with E-state index in [1.165, 1.54) is 4.57 Å². The van der Waals surface area contributed by atoms with Crippen LogP contribution in [-0.4, -0.2) is 35.2 Å². The Morgan fingerprint density at radius 2 is 2.12 bits per heavy atom. The van der Waals surface area contributed by atoms with Gasteiger partial charge in [0.2, 0.25) is 0 Å². The van der Waals surface area contributed by atoms with E-state index < -0.39 is 0 Å². The maximum Gasteiger partial charge on any atom is 0.293 e. The largest absolute Gasteiger partial charge is 0.354 e. The third kappa shape index (κ3) is 4.19. The van der Waals surface area contributed by atoms with Crippen LogP contribution in [0.25, 0.3) is 0 Å². The first-order valence-corrected chi connectivity index (χ1v) is 5.79. The summed E-state index contributed by atoms with van der Waals surface area (Å²) < 4.78 is 1.54. The topological polar surface area (TPSA) is 50.2 Å². The van der Waals surface area contributed by atoms with Crippen molar-refractivity contribution in [2.24, 2.45) is 7.05 Å². The lowest BCUT2D eigenvalue weighted by atomic mass is 10.1. The van der Waals surface area contributed by atoms with Gasteiger partial charge >= 0.3 is 0 Å². The van der Waals surface area contributed by atoms with E-state index >= 15 is 0 Å². The second-order valence-corrected chi connectivity index (χ2v) is 5.27. The molecule has 0 amide bonds. The molecule has 0 aliphatic heterocycles. The van der Waals surface area contributed by atoms with Gasteiger partial charge in [0.05, 0.1) is 0 Å². The van der Waals surface area contributed by atoms with Crippen LogP contribution in [0.1, 0.15) is 20.8 Å². The maximum absolute atomic E-state index is 11.8. The molecule has 0 aliphatic rings. The standard InChI is InChI=1S/C12H22N4O/c1-12(2,3)14-7-9-15(4)10-11(17)16(5)8-6-13-10/h6,8,14H,7,9H2,1-5H3. The Hall–Kier alpha value is -1.36. The molecule has 0 aliphatic carbocycles. The number of hydrogen-bond donors (Lipinski definition) is 1. The summed E-state index contributed by atoms with van der Waals surface area (Å²) >= 11 is 0. The fourth-order valence-corrected chi connectivity index (χ4v) is 1.45. The van der Waals surface area contributed by atoms with Crippen LogP contribution in [0.3, 0.4) is 0 Å². The molecule has 0 aromatic carbocycles. The summed E-state index contributed by atoms with van der Waals surface area (Å²) in [7, 11) is 3.61. The van der Waals surface area contributed by atoms with Crippen molar-refractivity contribution in [3.05, 3.63) is 22.7 Å². The third-order valence-electron chi connectivity index (χ3n) is 2.46. The summed E-state index contributed by atoms with van der Waals surface area (Å²) in [5, 5.41) is 3.38. The number of aromatic nitrogens is 2. The molecule has 0 atom stereocenters. The molecule has 1 heterocycles. The highest BCUT2D eigenvalue weighted by Crippen LogP contribution is 2.01. The molecule has 1 aromatic rings. The van der Waals surface area contributed by atoms with E-state index in [0.717, 1.165) is 13.1 Å². The van der Waals surface area contributed by atoms with E-state index in [2.05, 4.69) is 31.1 Å². The number of aryl methyl sites for hydroxylation is 1. The molecule has 5 heteroatoms. The maximum atomic E-state index is 11.8. The molecule has 17 heavy (non-hydrogen) atoms. The minimum atomic E-state index is -0.0641. The molecular formula is C12H22N4O. The number of hydrogen-bond acceptors (Lipinski definition) is 4. The van der Waals surface area contributed by atoms with Gasteiger partial charge in [-0.15, -0.1) is 0 Å². The number of rotatable bonds is 4. The molecule has 1 N–H and O–H groups in total. The van der Waals surface area contributed by atoms with Crippen LogP contribution in [0.5, 0.6) is 0 Å². The van der Waals surface area contributed by atoms with Gasteiger partial charge in [-0.25, -0.2) is 4.98 Å². The van der Waals surface area contributed by atoms with Crippen LogP contribution in [0.4, 0.5) is 5.82 Å². The molecule has 5 nitrogen and oxygen atoms in total. The van der Waals surface area contributed by atoms with Crippen molar-refractivity contribution >= 4 is 5.82 Å². The SMILES string of the molecule is CN(CCNC(C)(C)C)c1nccn(C)c1=O. The zero-order chi connectivity index (χ0) is 13.1. The van der Waals surface area contributed by atoms with Gasteiger partial charge in [0.25, 0.3) is 5.56 Å². The quantitative estimate of drug-likeness (QED) is 0.835. The molecule has 1 aromatic heterocycles. The first kappa shape index (κ1) is 13.7. The van der Waals surface area contributed by atoms with Crippen LogP contribution in [-0.2, 0) is 7.05 Å². The van der Waals surface area contributed by atoms with Gasteiger partial charge < -0.3 is 14.8 Å². The van der Waals surface area contributed by atoms with Crippen molar-refractivity contribution in [1.82, 2.24) is 14.9 Å². The van der Waals surface area contributed by atoms with Crippen LogP contribution in [0.2, 0.25) is 0 Å². The lowest BCUT2D eigenvalue weighted by Crippen LogP contribution is -2.41. The number of nitrogens with zero attached hydrogens (tertiary/aromatic N) is 3. The molecule has 0 unspecified atom stereocenters. The lowest BCUT2D eigenvalue weighted by molar-refractivity contribution is 0.430. The van der Waals surface area contributed by atoms with Crippen LogP contribution >= 0.6 is 0 Å². The summed E-state index contributed by atoms with van der Waals surface area (Å²) in [5.41, 5.74) is 0.0291. The van der Waals surface area contributed by atoms with Gasteiger partial charge in [-0.2, -0.15) is 0 Å². The summed E-state index contributed by atoms with van der Waals surface area (Å²) in [6.45, 7) is 7.93. The average molecular weight is 238 g/mol. The minimum Gasteiger partial charge on any atom is -0.354 e. The van der Waals surface area contributed by atoms with Crippen LogP contribution < -0.4 is 15.8 Å². The predicted molar refractivity (Wildman–Crippen MR) is 70.5 cm³/mol.